The van der Waals surface area contributed by atoms with E-state index < -0.39 is 6.04 Å². The average molecular weight is 510 g/mol. The quantitative estimate of drug-likeness (QED) is 0.246. The smallest absolute Gasteiger partial charge is 0.245 e. The van der Waals surface area contributed by atoms with Crippen molar-refractivity contribution in [1.82, 2.24) is 29.6 Å². The van der Waals surface area contributed by atoms with Gasteiger partial charge in [-0.05, 0) is 37.8 Å². The lowest BCUT2D eigenvalue weighted by atomic mass is 10.0. The standard InChI is InChI=1S/C28H27N7O3/c1-5-7-8-21(29-6-2)28(38)24-10-18-9-23(18)35(24)26(37)15-34-25-14-32-22(19-12-30-17(4)31-13-19)11-20(25)27(33-34)16(3)36/h5-8,11-14,18,23-24H,1-2,9-10,15H2,3-4H3/b8-7-,29-21?/t18-,23-,24+/m1/s1. The number of ketones is 2. The summed E-state index contributed by atoms with van der Waals surface area (Å²) in [5.41, 5.74) is 2.33. The molecule has 3 atom stereocenters. The van der Waals surface area contributed by atoms with Crippen LogP contribution in [0.3, 0.4) is 0 Å². The molecule has 1 aliphatic heterocycles. The Labute approximate surface area is 219 Å². The first-order valence-electron chi connectivity index (χ1n) is 12.3. The predicted octanol–water partition coefficient (Wildman–Crippen LogP) is 3.28. The van der Waals surface area contributed by atoms with Crippen LogP contribution in [0.15, 0.2) is 67.2 Å². The molecule has 1 saturated heterocycles. The third-order valence-electron chi connectivity index (χ3n) is 6.90. The highest BCUT2D eigenvalue weighted by atomic mass is 16.2. The number of carbonyl (C=O) groups is 3. The Balaban J connectivity index is 1.45. The van der Waals surface area contributed by atoms with Crippen molar-refractivity contribution >= 4 is 34.1 Å². The largest absolute Gasteiger partial charge is 0.327 e. The highest BCUT2D eigenvalue weighted by Gasteiger charge is 2.56. The maximum absolute atomic E-state index is 13.6. The second kappa shape index (κ2) is 10.0. The van der Waals surface area contributed by atoms with Crippen LogP contribution >= 0.6 is 0 Å². The highest BCUT2D eigenvalue weighted by Crippen LogP contribution is 2.48. The zero-order valence-electron chi connectivity index (χ0n) is 21.2. The van der Waals surface area contributed by atoms with Gasteiger partial charge in [0, 0.05) is 42.5 Å². The molecule has 5 rings (SSSR count). The van der Waals surface area contributed by atoms with E-state index in [1.807, 2.05) is 0 Å². The molecule has 0 aromatic carbocycles. The van der Waals surface area contributed by atoms with Crippen LogP contribution in [0.4, 0.5) is 0 Å². The lowest BCUT2D eigenvalue weighted by Crippen LogP contribution is -2.46. The fraction of sp³-hybridized carbons (Fsp3) is 0.286. The van der Waals surface area contributed by atoms with Crippen molar-refractivity contribution in [1.29, 1.82) is 0 Å². The van der Waals surface area contributed by atoms with Crippen molar-refractivity contribution in [2.24, 2.45) is 10.9 Å². The Morgan fingerprint density at radius 2 is 1.89 bits per heavy atom. The third-order valence-corrected chi connectivity index (χ3v) is 6.90. The van der Waals surface area contributed by atoms with Gasteiger partial charge in [-0.3, -0.25) is 29.0 Å². The molecule has 192 valence electrons. The van der Waals surface area contributed by atoms with Crippen LogP contribution < -0.4 is 0 Å². The number of hydrogen-bond donors (Lipinski definition) is 0. The summed E-state index contributed by atoms with van der Waals surface area (Å²) >= 11 is 0. The Morgan fingerprint density at radius 3 is 2.58 bits per heavy atom. The number of rotatable bonds is 9. The summed E-state index contributed by atoms with van der Waals surface area (Å²) in [5, 5.41) is 5.05. The number of fused-ring (bicyclic) bond motifs is 2. The molecule has 0 N–H and O–H groups in total. The molecule has 2 aliphatic rings. The fourth-order valence-corrected chi connectivity index (χ4v) is 5.01. The molecule has 4 heterocycles. The van der Waals surface area contributed by atoms with Gasteiger partial charge in [0.2, 0.25) is 11.7 Å². The van der Waals surface area contributed by atoms with Gasteiger partial charge in [-0.2, -0.15) is 5.10 Å². The number of amides is 1. The first-order chi connectivity index (χ1) is 18.3. The number of carbonyl (C=O) groups excluding carboxylic acids is 3. The van der Waals surface area contributed by atoms with Gasteiger partial charge in [-0.1, -0.05) is 25.3 Å². The summed E-state index contributed by atoms with van der Waals surface area (Å²) < 4.78 is 1.49. The fourth-order valence-electron chi connectivity index (χ4n) is 5.01. The summed E-state index contributed by atoms with van der Waals surface area (Å²) in [5.74, 6) is 0.236. The van der Waals surface area contributed by atoms with E-state index in [4.69, 9.17) is 0 Å². The van der Waals surface area contributed by atoms with Crippen molar-refractivity contribution in [2.75, 3.05) is 0 Å². The summed E-state index contributed by atoms with van der Waals surface area (Å²) in [6.45, 7) is 10.3. The molecule has 0 unspecified atom stereocenters. The molecule has 0 spiro atoms. The van der Waals surface area contributed by atoms with E-state index in [2.05, 4.69) is 38.2 Å². The highest BCUT2D eigenvalue weighted by molar-refractivity contribution is 6.46. The van der Waals surface area contributed by atoms with Gasteiger partial charge in [-0.15, -0.1) is 0 Å². The van der Waals surface area contributed by atoms with Gasteiger partial charge in [0.1, 0.15) is 23.8 Å². The van der Waals surface area contributed by atoms with E-state index in [0.717, 1.165) is 6.42 Å². The van der Waals surface area contributed by atoms with E-state index in [-0.39, 0.29) is 41.5 Å². The molecule has 38 heavy (non-hydrogen) atoms. The number of aromatic nitrogens is 5. The van der Waals surface area contributed by atoms with Gasteiger partial charge < -0.3 is 4.90 Å². The summed E-state index contributed by atoms with van der Waals surface area (Å²) in [4.78, 5) is 58.1. The summed E-state index contributed by atoms with van der Waals surface area (Å²) in [7, 11) is 0. The van der Waals surface area contributed by atoms with Gasteiger partial charge in [-0.25, -0.2) is 9.97 Å². The lowest BCUT2D eigenvalue weighted by molar-refractivity contribution is -0.137. The molecule has 10 nitrogen and oxygen atoms in total. The molecular formula is C28H27N7O3. The minimum absolute atomic E-state index is 0.0187. The van der Waals surface area contributed by atoms with E-state index in [1.54, 1.807) is 54.7 Å². The van der Waals surface area contributed by atoms with Crippen LogP contribution in [0.25, 0.3) is 22.2 Å². The van der Waals surface area contributed by atoms with Crippen molar-refractivity contribution in [3.05, 3.63) is 73.8 Å². The zero-order chi connectivity index (χ0) is 27.0. The monoisotopic (exact) mass is 509 g/mol. The van der Waals surface area contributed by atoms with Crippen molar-refractivity contribution in [2.45, 2.75) is 45.3 Å². The number of piperidine rings is 1. The minimum Gasteiger partial charge on any atom is -0.327 e. The SMILES string of the molecule is C=C/C=C\C(=NC=C)C(=O)[C@@H]1C[C@H]2C[C@H]2N1C(=O)Cn1nc(C(C)=O)c2cc(-c3cnc(C)nc3)ncc21. The molecule has 1 saturated carbocycles. The normalized spacial score (nSPS) is 20.5. The van der Waals surface area contributed by atoms with Crippen molar-refractivity contribution in [3.8, 4) is 11.3 Å². The Hall–Kier alpha value is -4.60. The number of Topliss-reactive ketones (excluding diaryl/α,β-unsaturated/α-hetero) is 2. The number of hydrogen-bond acceptors (Lipinski definition) is 8. The van der Waals surface area contributed by atoms with E-state index in [1.165, 1.54) is 17.8 Å². The molecule has 0 radical (unpaired) electrons. The van der Waals surface area contributed by atoms with Gasteiger partial charge in [0.25, 0.3) is 0 Å². The molecule has 3 aromatic rings. The molecule has 0 bridgehead atoms. The van der Waals surface area contributed by atoms with Crippen LogP contribution in [0.1, 0.15) is 36.1 Å². The van der Waals surface area contributed by atoms with E-state index in [0.29, 0.717) is 40.3 Å². The predicted molar refractivity (Wildman–Crippen MR) is 142 cm³/mol. The van der Waals surface area contributed by atoms with Crippen molar-refractivity contribution < 1.29 is 14.4 Å². The van der Waals surface area contributed by atoms with E-state index in [9.17, 15) is 14.4 Å². The number of pyridine rings is 1. The summed E-state index contributed by atoms with van der Waals surface area (Å²) in [6.07, 6.45) is 12.5. The van der Waals surface area contributed by atoms with Gasteiger partial charge in [0.05, 0.1) is 23.4 Å². The third kappa shape index (κ3) is 4.60. The number of allylic oxidation sites excluding steroid dienone is 3. The van der Waals surface area contributed by atoms with Gasteiger partial charge in [0.15, 0.2) is 5.78 Å². The summed E-state index contributed by atoms with van der Waals surface area (Å²) in [6, 6.07) is 1.17. The molecule has 10 heteroatoms. The van der Waals surface area contributed by atoms with Crippen LogP contribution in [-0.4, -0.2) is 64.9 Å². The molecule has 3 aromatic heterocycles. The van der Waals surface area contributed by atoms with Crippen molar-refractivity contribution in [3.63, 3.8) is 0 Å². The topological polar surface area (TPSA) is 123 Å². The number of likely N-dealkylation sites (tertiary alicyclic amines) is 1. The number of aryl methyl sites for hydroxylation is 1. The Morgan fingerprint density at radius 1 is 1.13 bits per heavy atom. The first kappa shape index (κ1) is 25.1. The van der Waals surface area contributed by atoms with Crippen LogP contribution in [0.5, 0.6) is 0 Å². The molecule has 1 aliphatic carbocycles. The molecule has 2 fully saturated rings. The van der Waals surface area contributed by atoms with Crippen LogP contribution in [-0.2, 0) is 16.1 Å². The minimum atomic E-state index is -0.611. The number of aliphatic imine (C=N–C) groups is 1. The zero-order valence-corrected chi connectivity index (χ0v) is 21.2. The van der Waals surface area contributed by atoms with Gasteiger partial charge >= 0.3 is 0 Å². The molecule has 1 amide bonds. The average Bonchev–Trinajstić information content (AvgIpc) is 3.41. The Kier molecular flexibility index (Phi) is 6.62. The van der Waals surface area contributed by atoms with Crippen LogP contribution in [0, 0.1) is 12.8 Å². The first-order valence-corrected chi connectivity index (χ1v) is 12.3. The maximum atomic E-state index is 13.6. The van der Waals surface area contributed by atoms with E-state index >= 15 is 0 Å². The maximum Gasteiger partial charge on any atom is 0.245 e. The second-order valence-corrected chi connectivity index (χ2v) is 9.44. The molecular weight excluding hydrogens is 482 g/mol. The van der Waals surface area contributed by atoms with Crippen LogP contribution in [0.2, 0.25) is 0 Å². The lowest BCUT2D eigenvalue weighted by Gasteiger charge is -2.26. The second-order valence-electron chi connectivity index (χ2n) is 9.44. The Bertz CT molecular complexity index is 1530. The number of nitrogens with zero attached hydrogens (tertiary/aromatic N) is 7.